The highest BCUT2D eigenvalue weighted by atomic mass is 35.5. The lowest BCUT2D eigenvalue weighted by Gasteiger charge is -2.29. The Hall–Kier alpha value is -1.04. The zero-order valence-corrected chi connectivity index (χ0v) is 12.4. The van der Waals surface area contributed by atoms with Crippen LogP contribution in [-0.4, -0.2) is 15.0 Å². The van der Waals surface area contributed by atoms with Gasteiger partial charge in [-0.3, -0.25) is 4.31 Å². The summed E-state index contributed by atoms with van der Waals surface area (Å²) >= 11 is 6.94. The molecule has 0 fully saturated rings. The lowest BCUT2D eigenvalue weighted by Crippen LogP contribution is -2.35. The van der Waals surface area contributed by atoms with E-state index in [1.165, 1.54) is 4.31 Å². The Bertz CT molecular complexity index is 709. The molecule has 0 spiro atoms. The maximum atomic E-state index is 12.6. The van der Waals surface area contributed by atoms with E-state index >= 15 is 0 Å². The molecule has 0 saturated heterocycles. The number of para-hydroxylation sites is 1. The van der Waals surface area contributed by atoms with Gasteiger partial charge in [0, 0.05) is 6.54 Å². The third-order valence-corrected chi connectivity index (χ3v) is 6.67. The highest BCUT2D eigenvalue weighted by Crippen LogP contribution is 2.34. The summed E-state index contributed by atoms with van der Waals surface area (Å²) in [5.74, 6) is 0. The minimum atomic E-state index is -3.49. The van der Waals surface area contributed by atoms with Gasteiger partial charge in [0.1, 0.15) is 4.21 Å². The Morgan fingerprint density at radius 2 is 1.95 bits per heavy atom. The van der Waals surface area contributed by atoms with E-state index in [4.69, 9.17) is 11.6 Å². The molecule has 19 heavy (non-hydrogen) atoms. The number of nitrogens with zero attached hydrogens (tertiary/aromatic N) is 1. The van der Waals surface area contributed by atoms with E-state index in [0.29, 0.717) is 15.1 Å². The van der Waals surface area contributed by atoms with E-state index in [1.54, 1.807) is 12.1 Å². The Kier molecular flexibility index (Phi) is 3.28. The summed E-state index contributed by atoms with van der Waals surface area (Å²) in [6.07, 6.45) is 1.77. The molecular formula is C13H12ClNO2S2. The van der Waals surface area contributed by atoms with Crippen LogP contribution in [0.15, 0.2) is 40.6 Å². The zero-order chi connectivity index (χ0) is 13.5. The number of rotatable bonds is 2. The SMILES string of the molecule is O=S(=O)(c1ccc(Cl)s1)N1CCCc2ccccc21. The number of sulfonamides is 1. The normalized spacial score (nSPS) is 15.3. The summed E-state index contributed by atoms with van der Waals surface area (Å²) in [7, 11) is -3.49. The molecule has 0 unspecified atom stereocenters. The van der Waals surface area contributed by atoms with Gasteiger partial charge in [-0.2, -0.15) is 0 Å². The van der Waals surface area contributed by atoms with Gasteiger partial charge in [0.25, 0.3) is 10.0 Å². The van der Waals surface area contributed by atoms with E-state index in [0.717, 1.165) is 35.4 Å². The highest BCUT2D eigenvalue weighted by molar-refractivity contribution is 7.94. The minimum Gasteiger partial charge on any atom is -0.265 e. The second-order valence-electron chi connectivity index (χ2n) is 4.37. The number of aryl methyl sites for hydroxylation is 1. The Morgan fingerprint density at radius 3 is 2.68 bits per heavy atom. The van der Waals surface area contributed by atoms with E-state index < -0.39 is 10.0 Å². The van der Waals surface area contributed by atoms with Crippen LogP contribution in [0.25, 0.3) is 0 Å². The fourth-order valence-corrected chi connectivity index (χ4v) is 5.43. The number of hydrogen-bond donors (Lipinski definition) is 0. The van der Waals surface area contributed by atoms with Crippen molar-refractivity contribution < 1.29 is 8.42 Å². The second-order valence-corrected chi connectivity index (χ2v) is 8.17. The molecule has 0 N–H and O–H groups in total. The minimum absolute atomic E-state index is 0.300. The van der Waals surface area contributed by atoms with Crippen LogP contribution in [0, 0.1) is 0 Å². The quantitative estimate of drug-likeness (QED) is 0.850. The average molecular weight is 314 g/mol. The van der Waals surface area contributed by atoms with Gasteiger partial charge >= 0.3 is 0 Å². The third-order valence-electron chi connectivity index (χ3n) is 3.16. The summed E-state index contributed by atoms with van der Waals surface area (Å²) in [5.41, 5.74) is 1.87. The Morgan fingerprint density at radius 1 is 1.16 bits per heavy atom. The van der Waals surface area contributed by atoms with Crippen LogP contribution in [0.2, 0.25) is 4.34 Å². The lowest BCUT2D eigenvalue weighted by atomic mass is 10.0. The molecule has 1 aromatic heterocycles. The monoisotopic (exact) mass is 313 g/mol. The molecular weight excluding hydrogens is 302 g/mol. The smallest absolute Gasteiger partial charge is 0.265 e. The average Bonchev–Trinajstić information content (AvgIpc) is 2.85. The van der Waals surface area contributed by atoms with E-state index in [9.17, 15) is 8.42 Å². The number of hydrogen-bond acceptors (Lipinski definition) is 3. The molecule has 1 aliphatic rings. The van der Waals surface area contributed by atoms with Crippen molar-refractivity contribution in [1.29, 1.82) is 0 Å². The van der Waals surface area contributed by atoms with Crippen LogP contribution >= 0.6 is 22.9 Å². The molecule has 1 aliphatic heterocycles. The van der Waals surface area contributed by atoms with Crippen LogP contribution in [-0.2, 0) is 16.4 Å². The molecule has 0 radical (unpaired) electrons. The molecule has 0 aliphatic carbocycles. The van der Waals surface area contributed by atoms with Crippen molar-refractivity contribution in [2.24, 2.45) is 0 Å². The topological polar surface area (TPSA) is 37.4 Å². The Labute approximate surface area is 121 Å². The van der Waals surface area contributed by atoms with Crippen LogP contribution in [0.1, 0.15) is 12.0 Å². The maximum absolute atomic E-state index is 12.6. The van der Waals surface area contributed by atoms with Gasteiger partial charge in [-0.25, -0.2) is 8.42 Å². The van der Waals surface area contributed by atoms with Gasteiger partial charge in [0.05, 0.1) is 10.0 Å². The first-order valence-corrected chi connectivity index (χ1v) is 8.58. The molecule has 0 bridgehead atoms. The van der Waals surface area contributed by atoms with Gasteiger partial charge in [-0.1, -0.05) is 29.8 Å². The van der Waals surface area contributed by atoms with Crippen LogP contribution in [0.3, 0.4) is 0 Å². The van der Waals surface area contributed by atoms with E-state index in [2.05, 4.69) is 0 Å². The molecule has 6 heteroatoms. The summed E-state index contributed by atoms with van der Waals surface area (Å²) in [6.45, 7) is 0.523. The number of halogens is 1. The zero-order valence-electron chi connectivity index (χ0n) is 10.0. The molecule has 3 rings (SSSR count). The first-order valence-electron chi connectivity index (χ1n) is 5.95. The molecule has 1 aromatic carbocycles. The molecule has 100 valence electrons. The predicted molar refractivity (Wildman–Crippen MR) is 78.6 cm³/mol. The molecule has 0 atom stereocenters. The fraction of sp³-hybridized carbons (Fsp3) is 0.231. The molecule has 3 nitrogen and oxygen atoms in total. The summed E-state index contributed by atoms with van der Waals surface area (Å²) in [5, 5.41) is 0. The van der Waals surface area contributed by atoms with Gasteiger partial charge in [-0.15, -0.1) is 11.3 Å². The third kappa shape index (κ3) is 2.26. The lowest BCUT2D eigenvalue weighted by molar-refractivity contribution is 0.588. The number of fused-ring (bicyclic) bond motifs is 1. The number of benzene rings is 1. The largest absolute Gasteiger partial charge is 0.273 e. The fourth-order valence-electron chi connectivity index (χ4n) is 2.29. The maximum Gasteiger partial charge on any atom is 0.273 e. The molecule has 0 saturated carbocycles. The summed E-state index contributed by atoms with van der Waals surface area (Å²) in [4.78, 5) is 0. The van der Waals surface area contributed by atoms with Gasteiger partial charge in [0.15, 0.2) is 0 Å². The number of anilines is 1. The van der Waals surface area contributed by atoms with Crippen molar-refractivity contribution in [3.63, 3.8) is 0 Å². The number of thiophene rings is 1. The van der Waals surface area contributed by atoms with Crippen molar-refractivity contribution in [1.82, 2.24) is 0 Å². The van der Waals surface area contributed by atoms with Gasteiger partial charge < -0.3 is 0 Å². The van der Waals surface area contributed by atoms with Crippen molar-refractivity contribution >= 4 is 38.6 Å². The van der Waals surface area contributed by atoms with Crippen LogP contribution < -0.4 is 4.31 Å². The second kappa shape index (κ2) is 4.81. The Balaban J connectivity index is 2.08. The van der Waals surface area contributed by atoms with Crippen LogP contribution in [0.4, 0.5) is 5.69 Å². The highest BCUT2D eigenvalue weighted by Gasteiger charge is 2.29. The van der Waals surface area contributed by atoms with Crippen LogP contribution in [0.5, 0.6) is 0 Å². The first kappa shape index (κ1) is 13.0. The molecule has 0 amide bonds. The first-order chi connectivity index (χ1) is 9.09. The standard InChI is InChI=1S/C13H12ClNO2S2/c14-12-7-8-13(18-12)19(16,17)15-9-3-5-10-4-1-2-6-11(10)15/h1-2,4,6-8H,3,5,9H2. The van der Waals surface area contributed by atoms with Crippen molar-refractivity contribution in [2.75, 3.05) is 10.8 Å². The molecule has 2 heterocycles. The van der Waals surface area contributed by atoms with Gasteiger partial charge in [0.2, 0.25) is 0 Å². The van der Waals surface area contributed by atoms with Crippen molar-refractivity contribution in [3.05, 3.63) is 46.3 Å². The summed E-state index contributed by atoms with van der Waals surface area (Å²) < 4.78 is 27.6. The molecule has 2 aromatic rings. The van der Waals surface area contributed by atoms with E-state index in [1.807, 2.05) is 24.3 Å². The van der Waals surface area contributed by atoms with Crippen molar-refractivity contribution in [3.8, 4) is 0 Å². The predicted octanol–water partition coefficient (Wildman–Crippen LogP) is 3.54. The van der Waals surface area contributed by atoms with Crippen molar-refractivity contribution in [2.45, 2.75) is 17.1 Å². The van der Waals surface area contributed by atoms with Gasteiger partial charge in [-0.05, 0) is 36.6 Å². The van der Waals surface area contributed by atoms with E-state index in [-0.39, 0.29) is 0 Å². The summed E-state index contributed by atoms with van der Waals surface area (Å²) in [6, 6.07) is 10.8.